The Balaban J connectivity index is 1.26. The van der Waals surface area contributed by atoms with E-state index in [1.54, 1.807) is 5.57 Å². The van der Waals surface area contributed by atoms with E-state index in [4.69, 9.17) is 4.98 Å². The van der Waals surface area contributed by atoms with Crippen LogP contribution in [0, 0.1) is 17.3 Å². The number of fused-ring (bicyclic) bond motifs is 4. The smallest absolute Gasteiger partial charge is 0.145 e. The molecular formula is C45H38N2. The fourth-order valence-corrected chi connectivity index (χ4v) is 8.96. The summed E-state index contributed by atoms with van der Waals surface area (Å²) in [4.78, 5) is 5.08. The molecule has 1 aromatic heterocycles. The molecule has 0 spiro atoms. The summed E-state index contributed by atoms with van der Waals surface area (Å²) in [6.45, 7) is 4.97. The van der Waals surface area contributed by atoms with Crippen LogP contribution in [0.15, 0.2) is 145 Å². The third kappa shape index (κ3) is 4.42. The SMILES string of the molecule is CC1C=CCC2(C)C(C3=Cc4ccccc4CC3)=c3ccccc3=C(c3ccc(-n4c(-c5ccccc5)nc5ccccc54)cc3)C12. The molecule has 5 aromatic carbocycles. The molecule has 3 unspecified atom stereocenters. The van der Waals surface area contributed by atoms with Crippen molar-refractivity contribution >= 4 is 28.3 Å². The molecule has 3 aliphatic carbocycles. The topological polar surface area (TPSA) is 17.8 Å². The van der Waals surface area contributed by atoms with Gasteiger partial charge in [-0.1, -0.05) is 135 Å². The van der Waals surface area contributed by atoms with Crippen LogP contribution in [0.3, 0.4) is 0 Å². The molecule has 2 nitrogen and oxygen atoms in total. The normalized spacial score (nSPS) is 21.6. The lowest BCUT2D eigenvalue weighted by Crippen LogP contribution is -2.49. The monoisotopic (exact) mass is 606 g/mol. The fourth-order valence-electron chi connectivity index (χ4n) is 8.96. The zero-order valence-corrected chi connectivity index (χ0v) is 27.0. The van der Waals surface area contributed by atoms with Crippen molar-refractivity contribution in [1.82, 2.24) is 9.55 Å². The average molecular weight is 607 g/mol. The summed E-state index contributed by atoms with van der Waals surface area (Å²) in [5.41, 5.74) is 13.1. The van der Waals surface area contributed by atoms with E-state index in [2.05, 4.69) is 164 Å². The van der Waals surface area contributed by atoms with Crippen molar-refractivity contribution in [3.05, 3.63) is 172 Å². The molecule has 0 saturated carbocycles. The maximum atomic E-state index is 5.08. The number of rotatable bonds is 4. The van der Waals surface area contributed by atoms with Crippen LogP contribution in [0.2, 0.25) is 0 Å². The van der Waals surface area contributed by atoms with Gasteiger partial charge in [-0.3, -0.25) is 4.57 Å². The summed E-state index contributed by atoms with van der Waals surface area (Å²) < 4.78 is 2.31. The third-order valence-electron chi connectivity index (χ3n) is 11.0. The van der Waals surface area contributed by atoms with Gasteiger partial charge in [0.2, 0.25) is 0 Å². The zero-order chi connectivity index (χ0) is 31.5. The average Bonchev–Trinajstić information content (AvgIpc) is 3.51. The molecule has 9 rings (SSSR count). The third-order valence-corrected chi connectivity index (χ3v) is 11.0. The number of benzene rings is 5. The van der Waals surface area contributed by atoms with Crippen LogP contribution in [0.1, 0.15) is 43.4 Å². The first-order valence-corrected chi connectivity index (χ1v) is 17.0. The van der Waals surface area contributed by atoms with Gasteiger partial charge in [0.15, 0.2) is 0 Å². The van der Waals surface area contributed by atoms with Gasteiger partial charge >= 0.3 is 0 Å². The summed E-state index contributed by atoms with van der Waals surface area (Å²) in [6, 6.07) is 46.4. The summed E-state index contributed by atoms with van der Waals surface area (Å²) >= 11 is 0. The molecule has 2 heteroatoms. The van der Waals surface area contributed by atoms with E-state index >= 15 is 0 Å². The number of nitrogens with zero attached hydrogens (tertiary/aromatic N) is 2. The molecule has 0 amide bonds. The molecule has 0 fully saturated rings. The number of imidazole rings is 1. The van der Waals surface area contributed by atoms with E-state index < -0.39 is 0 Å². The highest BCUT2D eigenvalue weighted by Gasteiger charge is 2.46. The van der Waals surface area contributed by atoms with Crippen molar-refractivity contribution in [3.8, 4) is 17.1 Å². The molecule has 0 saturated heterocycles. The van der Waals surface area contributed by atoms with E-state index in [0.717, 1.165) is 47.4 Å². The largest absolute Gasteiger partial charge is 0.292 e. The lowest BCUT2D eigenvalue weighted by Gasteiger charge is -2.49. The Hall–Kier alpha value is -5.21. The highest BCUT2D eigenvalue weighted by Crippen LogP contribution is 2.55. The minimum atomic E-state index is -0.00429. The standard InChI is InChI=1S/C45H38N2/c1-30-13-12-28-45(2)42(30)41(37-18-8-9-19-38(37)43(45)35-23-22-31-14-6-7-17-34(31)29-35)32-24-26-36(27-25-32)47-40-21-11-10-20-39(40)46-44(47)33-15-4-3-5-16-33/h3-21,24-27,29-30,42H,22-23,28H2,1-2H3. The Morgan fingerprint density at radius 2 is 1.43 bits per heavy atom. The molecule has 0 bridgehead atoms. The van der Waals surface area contributed by atoms with Crippen LogP contribution in [0.5, 0.6) is 0 Å². The summed E-state index contributed by atoms with van der Waals surface area (Å²) in [6.07, 6.45) is 10.6. The maximum Gasteiger partial charge on any atom is 0.145 e. The number of hydrogen-bond donors (Lipinski definition) is 0. The van der Waals surface area contributed by atoms with Crippen LogP contribution < -0.4 is 10.4 Å². The quantitative estimate of drug-likeness (QED) is 0.183. The summed E-state index contributed by atoms with van der Waals surface area (Å²) in [5.74, 6) is 1.76. The Kier molecular flexibility index (Phi) is 6.54. The van der Waals surface area contributed by atoms with Gasteiger partial charge in [0.1, 0.15) is 5.82 Å². The van der Waals surface area contributed by atoms with E-state index in [1.165, 1.54) is 38.3 Å². The maximum absolute atomic E-state index is 5.08. The number of para-hydroxylation sites is 2. The Morgan fingerprint density at radius 1 is 0.702 bits per heavy atom. The van der Waals surface area contributed by atoms with Gasteiger partial charge in [0, 0.05) is 22.6 Å². The van der Waals surface area contributed by atoms with Crippen LogP contribution in [0.25, 0.3) is 45.3 Å². The van der Waals surface area contributed by atoms with Gasteiger partial charge in [-0.05, 0) is 93.3 Å². The zero-order valence-electron chi connectivity index (χ0n) is 27.0. The molecule has 0 N–H and O–H groups in total. The second-order valence-electron chi connectivity index (χ2n) is 13.8. The van der Waals surface area contributed by atoms with E-state index in [1.807, 2.05) is 0 Å². The number of aryl methyl sites for hydroxylation is 1. The Bertz CT molecular complexity index is 2350. The Morgan fingerprint density at radius 3 is 2.28 bits per heavy atom. The predicted molar refractivity (Wildman–Crippen MR) is 195 cm³/mol. The minimum Gasteiger partial charge on any atom is -0.292 e. The van der Waals surface area contributed by atoms with Crippen LogP contribution in [-0.4, -0.2) is 9.55 Å². The summed E-state index contributed by atoms with van der Waals surface area (Å²) in [5, 5.41) is 2.79. The first-order chi connectivity index (χ1) is 23.1. The minimum absolute atomic E-state index is 0.00429. The molecule has 47 heavy (non-hydrogen) atoms. The van der Waals surface area contributed by atoms with Gasteiger partial charge in [0.25, 0.3) is 0 Å². The van der Waals surface area contributed by atoms with Crippen molar-refractivity contribution in [2.75, 3.05) is 0 Å². The second kappa shape index (κ2) is 11.0. The van der Waals surface area contributed by atoms with Crippen molar-refractivity contribution < 1.29 is 0 Å². The molecule has 3 aliphatic rings. The summed E-state index contributed by atoms with van der Waals surface area (Å²) in [7, 11) is 0. The molecular weight excluding hydrogens is 569 g/mol. The van der Waals surface area contributed by atoms with E-state index in [-0.39, 0.29) is 5.41 Å². The van der Waals surface area contributed by atoms with Crippen molar-refractivity contribution in [1.29, 1.82) is 0 Å². The van der Waals surface area contributed by atoms with Crippen LogP contribution in [-0.2, 0) is 6.42 Å². The van der Waals surface area contributed by atoms with E-state index in [0.29, 0.717) is 11.8 Å². The van der Waals surface area contributed by atoms with Gasteiger partial charge in [-0.15, -0.1) is 0 Å². The molecule has 1 heterocycles. The van der Waals surface area contributed by atoms with E-state index in [9.17, 15) is 0 Å². The molecule has 228 valence electrons. The van der Waals surface area contributed by atoms with Crippen LogP contribution >= 0.6 is 0 Å². The van der Waals surface area contributed by atoms with Gasteiger partial charge < -0.3 is 0 Å². The molecule has 0 aliphatic heterocycles. The number of hydrogen-bond acceptors (Lipinski definition) is 1. The van der Waals surface area contributed by atoms with Crippen molar-refractivity contribution in [3.63, 3.8) is 0 Å². The molecule has 3 atom stereocenters. The highest BCUT2D eigenvalue weighted by atomic mass is 15.1. The van der Waals surface area contributed by atoms with Crippen molar-refractivity contribution in [2.24, 2.45) is 17.3 Å². The highest BCUT2D eigenvalue weighted by molar-refractivity contribution is 5.86. The first kappa shape index (κ1) is 28.0. The number of allylic oxidation sites excluding steroid dienone is 3. The van der Waals surface area contributed by atoms with Gasteiger partial charge in [-0.25, -0.2) is 4.98 Å². The lowest BCUT2D eigenvalue weighted by atomic mass is 9.54. The second-order valence-corrected chi connectivity index (χ2v) is 13.8. The molecule has 0 radical (unpaired) electrons. The number of aromatic nitrogens is 2. The van der Waals surface area contributed by atoms with Crippen molar-refractivity contribution in [2.45, 2.75) is 33.1 Å². The van der Waals surface area contributed by atoms with Gasteiger partial charge in [0.05, 0.1) is 11.0 Å². The fraction of sp³-hybridized carbons (Fsp3) is 0.178. The van der Waals surface area contributed by atoms with Crippen LogP contribution in [0.4, 0.5) is 0 Å². The lowest BCUT2D eigenvalue weighted by molar-refractivity contribution is 0.264. The predicted octanol–water partition coefficient (Wildman–Crippen LogP) is 9.30. The van der Waals surface area contributed by atoms with Gasteiger partial charge in [-0.2, -0.15) is 0 Å². The molecule has 6 aromatic rings. The first-order valence-electron chi connectivity index (χ1n) is 17.0. The Labute approximate surface area is 276 Å².